The molecule has 1 rings (SSSR count). The van der Waals surface area contributed by atoms with Crippen LogP contribution in [0.25, 0.3) is 0 Å². The molecule has 2 N–H and O–H groups in total. The minimum Gasteiger partial charge on any atom is -0.316 e. The van der Waals surface area contributed by atoms with Crippen LogP contribution in [0.15, 0.2) is 16.8 Å². The molecule has 1 heterocycles. The van der Waals surface area contributed by atoms with Gasteiger partial charge >= 0.3 is 0 Å². The standard InChI is InChI=1S/C9H16N2O2S2/c1-3-10-6-8(2)15(12,13)11-9-4-5-14-7-9/h4-5,7-8,10-11H,3,6H2,1-2H3. The highest BCUT2D eigenvalue weighted by molar-refractivity contribution is 7.93. The first-order valence-corrected chi connectivity index (χ1v) is 7.29. The molecule has 0 aliphatic carbocycles. The van der Waals surface area contributed by atoms with Gasteiger partial charge in [0.05, 0.1) is 10.9 Å². The van der Waals surface area contributed by atoms with Gasteiger partial charge in [-0.3, -0.25) is 4.72 Å². The van der Waals surface area contributed by atoms with E-state index >= 15 is 0 Å². The van der Waals surface area contributed by atoms with Crippen LogP contribution in [-0.2, 0) is 10.0 Å². The average molecular weight is 248 g/mol. The van der Waals surface area contributed by atoms with E-state index in [2.05, 4.69) is 10.0 Å². The van der Waals surface area contributed by atoms with E-state index in [-0.39, 0.29) is 0 Å². The zero-order valence-corrected chi connectivity index (χ0v) is 10.5. The third kappa shape index (κ3) is 3.81. The fourth-order valence-electron chi connectivity index (χ4n) is 1.04. The molecule has 0 amide bonds. The maximum atomic E-state index is 11.8. The first kappa shape index (κ1) is 12.5. The van der Waals surface area contributed by atoms with Crippen molar-refractivity contribution in [2.24, 2.45) is 0 Å². The molecule has 1 aromatic heterocycles. The van der Waals surface area contributed by atoms with Crippen LogP contribution < -0.4 is 10.0 Å². The second-order valence-corrected chi connectivity index (χ2v) is 6.16. The lowest BCUT2D eigenvalue weighted by atomic mass is 10.5. The molecule has 0 aliphatic heterocycles. The van der Waals surface area contributed by atoms with Gasteiger partial charge in [0.1, 0.15) is 0 Å². The number of thiophene rings is 1. The molecule has 1 aromatic rings. The van der Waals surface area contributed by atoms with Crippen molar-refractivity contribution in [3.63, 3.8) is 0 Å². The first-order valence-electron chi connectivity index (χ1n) is 4.81. The maximum Gasteiger partial charge on any atom is 0.236 e. The minimum atomic E-state index is -3.26. The Kier molecular flexibility index (Phi) is 4.56. The molecule has 1 unspecified atom stereocenters. The number of hydrogen-bond donors (Lipinski definition) is 2. The Bertz CT molecular complexity index is 373. The molecule has 6 heteroatoms. The quantitative estimate of drug-likeness (QED) is 0.802. The molecular formula is C9H16N2O2S2. The van der Waals surface area contributed by atoms with Gasteiger partial charge in [-0.15, -0.1) is 0 Å². The summed E-state index contributed by atoms with van der Waals surface area (Å²) in [5.74, 6) is 0. The Labute approximate surface area is 94.8 Å². The van der Waals surface area contributed by atoms with E-state index in [4.69, 9.17) is 0 Å². The maximum absolute atomic E-state index is 11.8. The summed E-state index contributed by atoms with van der Waals surface area (Å²) in [7, 11) is -3.26. The lowest BCUT2D eigenvalue weighted by Gasteiger charge is -2.13. The van der Waals surface area contributed by atoms with Gasteiger partial charge < -0.3 is 5.32 Å². The number of rotatable bonds is 6. The van der Waals surface area contributed by atoms with Crippen molar-refractivity contribution in [2.45, 2.75) is 19.1 Å². The summed E-state index contributed by atoms with van der Waals surface area (Å²) in [6.45, 7) is 4.89. The molecule has 1 atom stereocenters. The van der Waals surface area contributed by atoms with Gasteiger partial charge in [-0.25, -0.2) is 8.42 Å². The zero-order chi connectivity index (χ0) is 11.3. The molecule has 0 aliphatic rings. The van der Waals surface area contributed by atoms with Gasteiger partial charge in [0.15, 0.2) is 0 Å². The lowest BCUT2D eigenvalue weighted by Crippen LogP contribution is -2.34. The summed E-state index contributed by atoms with van der Waals surface area (Å²) in [4.78, 5) is 0. The molecule has 0 saturated heterocycles. The second kappa shape index (κ2) is 5.48. The highest BCUT2D eigenvalue weighted by Gasteiger charge is 2.19. The predicted octanol–water partition coefficient (Wildman–Crippen LogP) is 1.49. The molecular weight excluding hydrogens is 232 g/mol. The topological polar surface area (TPSA) is 58.2 Å². The number of sulfonamides is 1. The molecule has 4 nitrogen and oxygen atoms in total. The van der Waals surface area contributed by atoms with Gasteiger partial charge in [-0.05, 0) is 24.9 Å². The summed E-state index contributed by atoms with van der Waals surface area (Å²) < 4.78 is 26.1. The summed E-state index contributed by atoms with van der Waals surface area (Å²) >= 11 is 1.47. The number of nitrogens with one attached hydrogen (secondary N) is 2. The van der Waals surface area contributed by atoms with Crippen LogP contribution >= 0.6 is 11.3 Å². The molecule has 0 aromatic carbocycles. The Morgan fingerprint density at radius 1 is 1.53 bits per heavy atom. The van der Waals surface area contributed by atoms with Gasteiger partial charge in [-0.1, -0.05) is 6.92 Å². The fraction of sp³-hybridized carbons (Fsp3) is 0.556. The molecule has 15 heavy (non-hydrogen) atoms. The van der Waals surface area contributed by atoms with Gasteiger partial charge in [0.2, 0.25) is 10.0 Å². The van der Waals surface area contributed by atoms with Crippen LogP contribution in [0.3, 0.4) is 0 Å². The largest absolute Gasteiger partial charge is 0.316 e. The van der Waals surface area contributed by atoms with E-state index in [0.717, 1.165) is 6.54 Å². The predicted molar refractivity (Wildman–Crippen MR) is 64.9 cm³/mol. The van der Waals surface area contributed by atoms with E-state index in [1.54, 1.807) is 18.4 Å². The van der Waals surface area contributed by atoms with Crippen LogP contribution in [0.1, 0.15) is 13.8 Å². The van der Waals surface area contributed by atoms with Crippen molar-refractivity contribution >= 4 is 27.0 Å². The van der Waals surface area contributed by atoms with E-state index < -0.39 is 15.3 Å². The van der Waals surface area contributed by atoms with Gasteiger partial charge in [0.25, 0.3) is 0 Å². The monoisotopic (exact) mass is 248 g/mol. The van der Waals surface area contributed by atoms with Crippen molar-refractivity contribution in [3.8, 4) is 0 Å². The third-order valence-corrected chi connectivity index (χ3v) is 4.42. The van der Waals surface area contributed by atoms with Gasteiger partial charge in [-0.2, -0.15) is 11.3 Å². The molecule has 0 bridgehead atoms. The van der Waals surface area contributed by atoms with Gasteiger partial charge in [0, 0.05) is 11.9 Å². The number of hydrogen-bond acceptors (Lipinski definition) is 4. The van der Waals surface area contributed by atoms with E-state index in [1.165, 1.54) is 11.3 Å². The highest BCUT2D eigenvalue weighted by atomic mass is 32.2. The van der Waals surface area contributed by atoms with Crippen LogP contribution in [0.2, 0.25) is 0 Å². The van der Waals surface area contributed by atoms with Crippen molar-refractivity contribution in [2.75, 3.05) is 17.8 Å². The van der Waals surface area contributed by atoms with Crippen LogP contribution in [0, 0.1) is 0 Å². The summed E-state index contributed by atoms with van der Waals surface area (Å²) in [6, 6.07) is 1.75. The Morgan fingerprint density at radius 2 is 2.27 bits per heavy atom. The second-order valence-electron chi connectivity index (χ2n) is 3.28. The average Bonchev–Trinajstić information content (AvgIpc) is 2.65. The zero-order valence-electron chi connectivity index (χ0n) is 8.86. The Morgan fingerprint density at radius 3 is 2.80 bits per heavy atom. The smallest absolute Gasteiger partial charge is 0.236 e. The van der Waals surface area contributed by atoms with Crippen LogP contribution in [0.4, 0.5) is 5.69 Å². The van der Waals surface area contributed by atoms with Crippen LogP contribution in [0.5, 0.6) is 0 Å². The first-order chi connectivity index (χ1) is 7.06. The molecule has 0 radical (unpaired) electrons. The summed E-state index contributed by atoms with van der Waals surface area (Å²) in [6.07, 6.45) is 0. The Balaban J connectivity index is 2.59. The Hall–Kier alpha value is -0.590. The normalized spacial score (nSPS) is 13.7. The van der Waals surface area contributed by atoms with Crippen molar-refractivity contribution in [1.82, 2.24) is 5.32 Å². The van der Waals surface area contributed by atoms with Crippen molar-refractivity contribution in [3.05, 3.63) is 16.8 Å². The third-order valence-electron chi connectivity index (χ3n) is 1.99. The highest BCUT2D eigenvalue weighted by Crippen LogP contribution is 2.15. The molecule has 0 fully saturated rings. The molecule has 0 saturated carbocycles. The summed E-state index contributed by atoms with van der Waals surface area (Å²) in [5, 5.41) is 6.20. The minimum absolute atomic E-state index is 0.433. The van der Waals surface area contributed by atoms with E-state index in [1.807, 2.05) is 12.3 Å². The SMILES string of the molecule is CCNCC(C)S(=O)(=O)Nc1ccsc1. The van der Waals surface area contributed by atoms with Crippen LogP contribution in [-0.4, -0.2) is 26.8 Å². The van der Waals surface area contributed by atoms with Crippen molar-refractivity contribution in [1.29, 1.82) is 0 Å². The lowest BCUT2D eigenvalue weighted by molar-refractivity contribution is 0.579. The fourth-order valence-corrected chi connectivity index (χ4v) is 2.70. The molecule has 86 valence electrons. The summed E-state index contributed by atoms with van der Waals surface area (Å²) in [5.41, 5.74) is 0.642. The number of anilines is 1. The van der Waals surface area contributed by atoms with E-state index in [9.17, 15) is 8.42 Å². The van der Waals surface area contributed by atoms with E-state index in [0.29, 0.717) is 12.2 Å². The van der Waals surface area contributed by atoms with Crippen molar-refractivity contribution < 1.29 is 8.42 Å². The molecule has 0 spiro atoms.